The Kier molecular flexibility index (Phi) is 6.49. The molecule has 0 aliphatic carbocycles. The van der Waals surface area contributed by atoms with Gasteiger partial charge in [-0.05, 0) is 98.2 Å². The molecule has 0 amide bonds. The fraction of sp³-hybridized carbons (Fsp3) is 0.190. The van der Waals surface area contributed by atoms with Crippen molar-refractivity contribution in [1.82, 2.24) is 0 Å². The molecule has 0 aromatic heterocycles. The fourth-order valence-corrected chi connectivity index (χ4v) is 7.72. The van der Waals surface area contributed by atoms with Gasteiger partial charge in [-0.1, -0.05) is 145 Å². The van der Waals surface area contributed by atoms with Gasteiger partial charge in [0.25, 0.3) is 0 Å². The van der Waals surface area contributed by atoms with E-state index in [1.807, 2.05) is 12.1 Å². The third-order valence-electron chi connectivity index (χ3n) is 8.60. The molecule has 7 aromatic carbocycles. The maximum Gasteiger partial charge on any atom is 0.0689 e. The molecule has 7 aromatic rings. The first-order chi connectivity index (χ1) is 22.7. The van der Waals surface area contributed by atoms with E-state index in [-0.39, 0.29) is 18.1 Å². The van der Waals surface area contributed by atoms with Crippen LogP contribution in [0.2, 0.25) is 0 Å². The first-order valence-corrected chi connectivity index (χ1v) is 16.9. The van der Waals surface area contributed by atoms with E-state index in [1.54, 1.807) is 0 Å². The molecule has 3 heteroatoms. The number of halogens is 2. The molecule has 0 aliphatic rings. The van der Waals surface area contributed by atoms with Crippen molar-refractivity contribution < 1.29 is 4.11 Å². The number of fused-ring (bicyclic) bond motifs is 6. The molecule has 0 atom stereocenters. The van der Waals surface area contributed by atoms with Crippen LogP contribution in [0.3, 0.4) is 0 Å². The highest BCUT2D eigenvalue weighted by molar-refractivity contribution is 9.11. The summed E-state index contributed by atoms with van der Waals surface area (Å²) in [5, 5.41) is 8.48. The number of hydrogen-bond donors (Lipinski definition) is 0. The lowest BCUT2D eigenvalue weighted by atomic mass is 9.80. The van der Waals surface area contributed by atoms with Crippen LogP contribution in [0.4, 0.5) is 17.1 Å². The van der Waals surface area contributed by atoms with Gasteiger partial charge in [0.15, 0.2) is 0 Å². The van der Waals surface area contributed by atoms with Gasteiger partial charge in [-0.25, -0.2) is 0 Å². The number of benzene rings is 7. The summed E-state index contributed by atoms with van der Waals surface area (Å²) in [4.78, 5) is 2.15. The van der Waals surface area contributed by atoms with Crippen LogP contribution < -0.4 is 4.90 Å². The average Bonchev–Trinajstić information content (AvgIpc) is 3.03. The zero-order chi connectivity index (χ0) is 34.3. The summed E-state index contributed by atoms with van der Waals surface area (Å²) in [6, 6.07) is 34.2. The van der Waals surface area contributed by atoms with Crippen molar-refractivity contribution in [2.75, 3.05) is 4.90 Å². The van der Waals surface area contributed by atoms with Crippen molar-refractivity contribution in [2.24, 2.45) is 0 Å². The molecule has 0 bridgehead atoms. The van der Waals surface area contributed by atoms with E-state index in [4.69, 9.17) is 0 Å². The lowest BCUT2D eigenvalue weighted by molar-refractivity contribution is 0.569. The third kappa shape index (κ3) is 5.05. The molecule has 1 nitrogen and oxygen atoms in total. The summed E-state index contributed by atoms with van der Waals surface area (Å²) in [6.45, 7) is 12.4. The van der Waals surface area contributed by atoms with Crippen LogP contribution in [-0.2, 0) is 10.8 Å². The summed E-state index contributed by atoms with van der Waals surface area (Å²) in [6.07, 6.45) is 0. The van der Waals surface area contributed by atoms with E-state index < -0.39 is 10.8 Å². The van der Waals surface area contributed by atoms with Crippen molar-refractivity contribution in [3.8, 4) is 0 Å². The summed E-state index contributed by atoms with van der Waals surface area (Å²) in [7, 11) is 0. The number of hydrogen-bond acceptors (Lipinski definition) is 1. The van der Waals surface area contributed by atoms with Gasteiger partial charge in [0, 0.05) is 16.5 Å². The van der Waals surface area contributed by atoms with Crippen LogP contribution in [-0.4, -0.2) is 0 Å². The molecule has 0 saturated carbocycles. The zero-order valence-electron chi connectivity index (χ0n) is 29.4. The Labute approximate surface area is 287 Å². The van der Waals surface area contributed by atoms with Gasteiger partial charge in [-0.15, -0.1) is 0 Å². The molecular formula is C42H37Br2N. The highest BCUT2D eigenvalue weighted by atomic mass is 79.9. The van der Waals surface area contributed by atoms with Crippen molar-refractivity contribution >= 4 is 92.0 Å². The third-order valence-corrected chi connectivity index (χ3v) is 10.2. The Morgan fingerprint density at radius 2 is 0.733 bits per heavy atom. The van der Waals surface area contributed by atoms with Crippen molar-refractivity contribution in [3.05, 3.63) is 135 Å². The van der Waals surface area contributed by atoms with Crippen molar-refractivity contribution in [1.29, 1.82) is 0 Å². The second-order valence-electron chi connectivity index (χ2n) is 13.8. The van der Waals surface area contributed by atoms with E-state index >= 15 is 0 Å². The summed E-state index contributed by atoms with van der Waals surface area (Å²) in [5.74, 6) is 0. The van der Waals surface area contributed by atoms with Crippen LogP contribution in [0.15, 0.2) is 124 Å². The molecule has 224 valence electrons. The lowest BCUT2D eigenvalue weighted by Crippen LogP contribution is -2.20. The van der Waals surface area contributed by atoms with Gasteiger partial charge in [-0.3, -0.25) is 0 Å². The molecular weight excluding hydrogens is 678 g/mol. The molecule has 0 radical (unpaired) electrons. The second-order valence-corrected chi connectivity index (χ2v) is 15.4. The first kappa shape index (κ1) is 26.5. The second kappa shape index (κ2) is 11.0. The number of anilines is 3. The Bertz CT molecular complexity index is 2270. The van der Waals surface area contributed by atoms with E-state index in [0.717, 1.165) is 63.4 Å². The van der Waals surface area contributed by atoms with Gasteiger partial charge in [0.05, 0.1) is 24.4 Å². The minimum Gasteiger partial charge on any atom is -0.307 e. The Morgan fingerprint density at radius 3 is 1.07 bits per heavy atom. The van der Waals surface area contributed by atoms with Crippen LogP contribution >= 0.6 is 31.9 Å². The van der Waals surface area contributed by atoms with E-state index in [2.05, 4.69) is 163 Å². The van der Waals surface area contributed by atoms with Crippen LogP contribution in [0, 0.1) is 0 Å². The molecule has 0 fully saturated rings. The van der Waals surface area contributed by atoms with E-state index in [1.165, 1.54) is 0 Å². The maximum absolute atomic E-state index is 9.98. The molecule has 45 heavy (non-hydrogen) atoms. The smallest absolute Gasteiger partial charge is 0.0689 e. The maximum atomic E-state index is 9.98. The van der Waals surface area contributed by atoms with Crippen molar-refractivity contribution in [3.63, 3.8) is 0 Å². The molecule has 7 rings (SSSR count). The van der Waals surface area contributed by atoms with Gasteiger partial charge >= 0.3 is 0 Å². The number of rotatable bonds is 3. The fourth-order valence-electron chi connectivity index (χ4n) is 6.25. The Balaban J connectivity index is 1.80. The van der Waals surface area contributed by atoms with Crippen LogP contribution in [0.1, 0.15) is 56.8 Å². The monoisotopic (exact) mass is 716 g/mol. The molecule has 0 aliphatic heterocycles. The largest absolute Gasteiger partial charge is 0.307 e. The summed E-state index contributed by atoms with van der Waals surface area (Å²) >= 11 is 8.20. The molecule has 0 heterocycles. The number of nitrogens with zero attached hydrogens (tertiary/aromatic N) is 1. The lowest BCUT2D eigenvalue weighted by Gasteiger charge is -2.34. The quantitative estimate of drug-likeness (QED) is 0.164. The highest BCUT2D eigenvalue weighted by Gasteiger charge is 2.29. The zero-order valence-corrected chi connectivity index (χ0v) is 29.6. The SMILES string of the molecule is [2H]c1c(N(c2c(Br)c3ccccc3c3ccccc23)c2c(Br)c3ccccc3c3ccccc23)c([2H])c(C(C)(C)C)c([2H])c1C(C)(C)C. The minimum atomic E-state index is -0.520. The highest BCUT2D eigenvalue weighted by Crippen LogP contribution is 2.53. The predicted octanol–water partition coefficient (Wildman–Crippen LogP) is 13.9. The average molecular weight is 719 g/mol. The van der Waals surface area contributed by atoms with Crippen molar-refractivity contribution in [2.45, 2.75) is 52.4 Å². The van der Waals surface area contributed by atoms with E-state index in [0.29, 0.717) is 16.8 Å². The minimum absolute atomic E-state index is 0.193. The predicted molar refractivity (Wildman–Crippen MR) is 204 cm³/mol. The molecule has 0 unspecified atom stereocenters. The molecule has 0 spiro atoms. The van der Waals surface area contributed by atoms with Crippen LogP contribution in [0.25, 0.3) is 43.1 Å². The van der Waals surface area contributed by atoms with Gasteiger partial charge < -0.3 is 4.90 Å². The topological polar surface area (TPSA) is 3.24 Å². The summed E-state index contributed by atoms with van der Waals surface area (Å²) in [5.41, 5.74) is 2.39. The van der Waals surface area contributed by atoms with Gasteiger partial charge in [0.1, 0.15) is 0 Å². The van der Waals surface area contributed by atoms with Gasteiger partial charge in [0.2, 0.25) is 0 Å². The standard InChI is InChI=1S/C42H37Br2N/c1-41(2,3)26-23-27(42(4,5)6)25-28(24-26)45(39-35-21-13-9-17-31(35)29-15-7-11-19-33(29)37(39)43)40-36-22-14-10-18-32(36)30-16-8-12-20-34(30)38(40)44/h7-25H,1-6H3/i23D,24D,25D. The van der Waals surface area contributed by atoms with Gasteiger partial charge in [-0.2, -0.15) is 0 Å². The molecule has 0 saturated heterocycles. The van der Waals surface area contributed by atoms with E-state index in [9.17, 15) is 4.11 Å². The molecule has 0 N–H and O–H groups in total. The summed E-state index contributed by atoms with van der Waals surface area (Å²) < 4.78 is 31.2. The first-order valence-electron chi connectivity index (χ1n) is 16.9. The normalized spacial score (nSPS) is 13.4. The van der Waals surface area contributed by atoms with Crippen LogP contribution in [0.5, 0.6) is 0 Å². The Morgan fingerprint density at radius 1 is 0.444 bits per heavy atom. The Hall–Kier alpha value is -3.66.